The first-order chi connectivity index (χ1) is 9.97. The van der Waals surface area contributed by atoms with Crippen LogP contribution >= 0.6 is 0 Å². The van der Waals surface area contributed by atoms with Gasteiger partial charge in [0.15, 0.2) is 0 Å². The van der Waals surface area contributed by atoms with Crippen molar-refractivity contribution >= 4 is 15.7 Å². The summed E-state index contributed by atoms with van der Waals surface area (Å²) in [5, 5.41) is 3.29. The monoisotopic (exact) mass is 305 g/mol. The van der Waals surface area contributed by atoms with Crippen molar-refractivity contribution in [2.75, 3.05) is 4.72 Å². The lowest BCUT2D eigenvalue weighted by molar-refractivity contribution is 0.588. The van der Waals surface area contributed by atoms with E-state index in [2.05, 4.69) is 28.9 Å². The van der Waals surface area contributed by atoms with Gasteiger partial charge in [-0.3, -0.25) is 9.71 Å². The molecule has 0 radical (unpaired) electrons. The molecule has 0 unspecified atom stereocenters. The fourth-order valence-electron chi connectivity index (χ4n) is 1.75. The Balaban J connectivity index is 2.10. The van der Waals surface area contributed by atoms with Crippen LogP contribution in [0.5, 0.6) is 0 Å². The average molecular weight is 305 g/mol. The lowest BCUT2D eigenvalue weighted by Gasteiger charge is -2.10. The van der Waals surface area contributed by atoms with Gasteiger partial charge < -0.3 is 5.32 Å². The van der Waals surface area contributed by atoms with Crippen molar-refractivity contribution in [3.63, 3.8) is 0 Å². The number of rotatable bonds is 6. The molecule has 1 aromatic carbocycles. The van der Waals surface area contributed by atoms with Gasteiger partial charge in [-0.1, -0.05) is 26.0 Å². The van der Waals surface area contributed by atoms with Crippen LogP contribution in [0, 0.1) is 0 Å². The van der Waals surface area contributed by atoms with Crippen LogP contribution in [0.25, 0.3) is 0 Å². The number of nitrogens with zero attached hydrogens (tertiary/aromatic N) is 1. The summed E-state index contributed by atoms with van der Waals surface area (Å²) in [6.07, 6.45) is 3.06. The largest absolute Gasteiger partial charge is 0.310 e. The number of hydrogen-bond acceptors (Lipinski definition) is 4. The molecule has 2 N–H and O–H groups in total. The van der Waals surface area contributed by atoms with Gasteiger partial charge in [0.2, 0.25) is 0 Å². The van der Waals surface area contributed by atoms with Gasteiger partial charge in [0, 0.05) is 18.8 Å². The summed E-state index contributed by atoms with van der Waals surface area (Å²) in [4.78, 5) is 4.12. The second kappa shape index (κ2) is 6.69. The molecule has 0 bridgehead atoms. The fourth-order valence-corrected chi connectivity index (χ4v) is 2.79. The maximum absolute atomic E-state index is 12.2. The first kappa shape index (κ1) is 15.5. The summed E-state index contributed by atoms with van der Waals surface area (Å²) in [6, 6.07) is 10.6. The lowest BCUT2D eigenvalue weighted by atomic mass is 10.2. The van der Waals surface area contributed by atoms with Crippen LogP contribution in [0.4, 0.5) is 5.69 Å². The molecule has 0 aliphatic carbocycles. The van der Waals surface area contributed by atoms with Crippen LogP contribution in [0.1, 0.15) is 19.4 Å². The van der Waals surface area contributed by atoms with Crippen molar-refractivity contribution in [3.05, 3.63) is 54.4 Å². The minimum atomic E-state index is -3.57. The molecular weight excluding hydrogens is 286 g/mol. The minimum absolute atomic E-state index is 0.236. The molecule has 2 rings (SSSR count). The van der Waals surface area contributed by atoms with E-state index in [9.17, 15) is 8.42 Å². The zero-order chi connectivity index (χ0) is 15.3. The van der Waals surface area contributed by atoms with E-state index in [1.807, 2.05) is 12.1 Å². The average Bonchev–Trinajstić information content (AvgIpc) is 2.46. The summed E-state index contributed by atoms with van der Waals surface area (Å²) >= 11 is 0. The summed E-state index contributed by atoms with van der Waals surface area (Å²) < 4.78 is 26.9. The molecular formula is C15H19N3O2S. The van der Waals surface area contributed by atoms with Gasteiger partial charge in [-0.15, -0.1) is 0 Å². The van der Waals surface area contributed by atoms with Crippen LogP contribution in [-0.4, -0.2) is 19.4 Å². The zero-order valence-corrected chi connectivity index (χ0v) is 12.9. The van der Waals surface area contributed by atoms with E-state index in [-0.39, 0.29) is 4.90 Å². The third-order valence-electron chi connectivity index (χ3n) is 2.86. The molecule has 0 aliphatic heterocycles. The number of benzene rings is 1. The molecule has 0 saturated heterocycles. The molecule has 0 amide bonds. The molecule has 1 aromatic heterocycles. The van der Waals surface area contributed by atoms with Gasteiger partial charge in [0.1, 0.15) is 0 Å². The van der Waals surface area contributed by atoms with Gasteiger partial charge in [-0.2, -0.15) is 0 Å². The fraction of sp³-hybridized carbons (Fsp3) is 0.267. The van der Waals surface area contributed by atoms with Gasteiger partial charge in [0.05, 0.1) is 16.8 Å². The van der Waals surface area contributed by atoms with Crippen molar-refractivity contribution in [2.45, 2.75) is 31.3 Å². The summed E-state index contributed by atoms with van der Waals surface area (Å²) in [5.41, 5.74) is 1.49. The maximum Gasteiger partial charge on any atom is 0.261 e. The van der Waals surface area contributed by atoms with E-state index in [1.165, 1.54) is 6.20 Å². The molecule has 6 heteroatoms. The van der Waals surface area contributed by atoms with E-state index < -0.39 is 10.0 Å². The second-order valence-corrected chi connectivity index (χ2v) is 6.71. The molecule has 0 spiro atoms. The third kappa shape index (κ3) is 4.54. The highest BCUT2D eigenvalue weighted by Gasteiger charge is 2.13. The maximum atomic E-state index is 12.2. The van der Waals surface area contributed by atoms with E-state index >= 15 is 0 Å². The van der Waals surface area contributed by atoms with E-state index in [1.54, 1.807) is 30.5 Å². The van der Waals surface area contributed by atoms with Crippen LogP contribution in [0.15, 0.2) is 53.7 Å². The van der Waals surface area contributed by atoms with Crippen molar-refractivity contribution in [1.82, 2.24) is 10.3 Å². The Hall–Kier alpha value is -1.92. The number of nitrogens with one attached hydrogen (secondary N) is 2. The highest BCUT2D eigenvalue weighted by atomic mass is 32.2. The van der Waals surface area contributed by atoms with E-state index in [0.717, 1.165) is 5.56 Å². The van der Waals surface area contributed by atoms with Crippen LogP contribution in [-0.2, 0) is 16.6 Å². The van der Waals surface area contributed by atoms with E-state index in [4.69, 9.17) is 0 Å². The third-order valence-corrected chi connectivity index (χ3v) is 4.26. The zero-order valence-electron chi connectivity index (χ0n) is 12.1. The quantitative estimate of drug-likeness (QED) is 0.859. The van der Waals surface area contributed by atoms with Gasteiger partial charge >= 0.3 is 0 Å². The number of anilines is 1. The van der Waals surface area contributed by atoms with Crippen molar-refractivity contribution in [1.29, 1.82) is 0 Å². The molecule has 21 heavy (non-hydrogen) atoms. The van der Waals surface area contributed by atoms with Crippen molar-refractivity contribution in [3.8, 4) is 0 Å². The van der Waals surface area contributed by atoms with Gasteiger partial charge in [0.25, 0.3) is 10.0 Å². The predicted octanol–water partition coefficient (Wildman–Crippen LogP) is 2.38. The summed E-state index contributed by atoms with van der Waals surface area (Å²) in [5.74, 6) is 0. The minimum Gasteiger partial charge on any atom is -0.310 e. The number of aromatic nitrogens is 1. The Morgan fingerprint density at radius 3 is 2.43 bits per heavy atom. The molecule has 2 aromatic rings. The molecule has 0 aliphatic rings. The Kier molecular flexibility index (Phi) is 4.93. The molecule has 1 heterocycles. The molecule has 0 saturated carbocycles. The van der Waals surface area contributed by atoms with Gasteiger partial charge in [-0.25, -0.2) is 8.42 Å². The highest BCUT2D eigenvalue weighted by Crippen LogP contribution is 2.15. The van der Waals surface area contributed by atoms with Crippen molar-refractivity contribution in [2.24, 2.45) is 0 Å². The van der Waals surface area contributed by atoms with Crippen LogP contribution in [0.3, 0.4) is 0 Å². The Morgan fingerprint density at radius 2 is 1.86 bits per heavy atom. The predicted molar refractivity (Wildman–Crippen MR) is 83.5 cm³/mol. The second-order valence-electron chi connectivity index (χ2n) is 5.03. The number of hydrogen-bond donors (Lipinski definition) is 2. The first-order valence-corrected chi connectivity index (χ1v) is 8.21. The number of pyridine rings is 1. The van der Waals surface area contributed by atoms with Crippen LogP contribution in [0.2, 0.25) is 0 Å². The topological polar surface area (TPSA) is 71.1 Å². The Morgan fingerprint density at radius 1 is 1.14 bits per heavy atom. The SMILES string of the molecule is CC(C)NCc1ccc(S(=O)(=O)Nc2cccnc2)cc1. The smallest absolute Gasteiger partial charge is 0.261 e. The summed E-state index contributed by atoms with van der Waals surface area (Å²) in [7, 11) is -3.57. The lowest BCUT2D eigenvalue weighted by Crippen LogP contribution is -2.21. The normalized spacial score (nSPS) is 11.6. The highest BCUT2D eigenvalue weighted by molar-refractivity contribution is 7.92. The standard InChI is InChI=1S/C15H19N3O2S/c1-12(2)17-10-13-5-7-15(8-6-13)21(19,20)18-14-4-3-9-16-11-14/h3-9,11-12,17-18H,10H2,1-2H3. The molecule has 112 valence electrons. The Bertz CT molecular complexity index is 668. The first-order valence-electron chi connectivity index (χ1n) is 6.72. The molecule has 0 fully saturated rings. The summed E-state index contributed by atoms with van der Waals surface area (Å²) in [6.45, 7) is 4.85. The Labute approximate surface area is 125 Å². The van der Waals surface area contributed by atoms with Crippen LogP contribution < -0.4 is 10.0 Å². The molecule has 5 nitrogen and oxygen atoms in total. The van der Waals surface area contributed by atoms with Gasteiger partial charge in [-0.05, 0) is 29.8 Å². The van der Waals surface area contributed by atoms with E-state index in [0.29, 0.717) is 18.3 Å². The number of sulfonamides is 1. The van der Waals surface area contributed by atoms with Crippen molar-refractivity contribution < 1.29 is 8.42 Å². The molecule has 0 atom stereocenters.